The summed E-state index contributed by atoms with van der Waals surface area (Å²) in [5, 5.41) is 3.73. The fourth-order valence-corrected chi connectivity index (χ4v) is 3.66. The van der Waals surface area contributed by atoms with Crippen LogP contribution in [0.25, 0.3) is 0 Å². The molecule has 3 rings (SSSR count). The summed E-state index contributed by atoms with van der Waals surface area (Å²) in [6.45, 7) is 8.03. The van der Waals surface area contributed by atoms with Crippen molar-refractivity contribution in [1.29, 1.82) is 0 Å². The molecule has 2 aliphatic rings. The Labute approximate surface area is 129 Å². The predicted molar refractivity (Wildman–Crippen MR) is 88.0 cm³/mol. The molecule has 0 bridgehead atoms. The Balaban J connectivity index is 1.61. The average molecular weight is 287 g/mol. The van der Waals surface area contributed by atoms with Crippen LogP contribution in [0.4, 0.5) is 0 Å². The van der Waals surface area contributed by atoms with Gasteiger partial charge in [-0.2, -0.15) is 0 Å². The molecule has 2 atom stereocenters. The summed E-state index contributed by atoms with van der Waals surface area (Å²) in [5.41, 5.74) is 3.10. The van der Waals surface area contributed by atoms with Crippen molar-refractivity contribution in [3.63, 3.8) is 0 Å². The van der Waals surface area contributed by atoms with E-state index >= 15 is 0 Å². The average Bonchev–Trinajstić information content (AvgIpc) is 3.17. The van der Waals surface area contributed by atoms with Gasteiger partial charge < -0.3 is 10.1 Å². The van der Waals surface area contributed by atoms with E-state index in [1.165, 1.54) is 36.8 Å². The van der Waals surface area contributed by atoms with Gasteiger partial charge in [-0.15, -0.1) is 0 Å². The third-order valence-corrected chi connectivity index (χ3v) is 4.93. The smallest absolute Gasteiger partial charge is 0.123 e. The summed E-state index contributed by atoms with van der Waals surface area (Å²) in [4.78, 5) is 0. The standard InChI is InChI=1S/C19H29NO/c1-4-9-19(3,13-20-16-6-7-16)12-17-11-15-10-14(2)5-8-18(15)21-17/h5,8,10,16-17,20H,4,6-7,9,11-13H2,1-3H3. The summed E-state index contributed by atoms with van der Waals surface area (Å²) in [6, 6.07) is 7.38. The van der Waals surface area contributed by atoms with Crippen LogP contribution in [-0.4, -0.2) is 18.7 Å². The molecule has 1 aromatic carbocycles. The van der Waals surface area contributed by atoms with Gasteiger partial charge in [-0.25, -0.2) is 0 Å². The van der Waals surface area contributed by atoms with Gasteiger partial charge >= 0.3 is 0 Å². The van der Waals surface area contributed by atoms with Crippen molar-refractivity contribution in [2.75, 3.05) is 6.54 Å². The largest absolute Gasteiger partial charge is 0.490 e. The highest BCUT2D eigenvalue weighted by Gasteiger charge is 2.33. The van der Waals surface area contributed by atoms with Gasteiger partial charge in [0.25, 0.3) is 0 Å². The second-order valence-corrected chi connectivity index (χ2v) is 7.48. The number of hydrogen-bond donors (Lipinski definition) is 1. The number of benzene rings is 1. The highest BCUT2D eigenvalue weighted by molar-refractivity contribution is 5.40. The molecule has 2 heteroatoms. The maximum Gasteiger partial charge on any atom is 0.123 e. The van der Waals surface area contributed by atoms with E-state index in [4.69, 9.17) is 4.74 Å². The minimum atomic E-state index is 0.360. The topological polar surface area (TPSA) is 21.3 Å². The maximum absolute atomic E-state index is 6.20. The van der Waals surface area contributed by atoms with Gasteiger partial charge in [0, 0.05) is 19.0 Å². The molecule has 0 amide bonds. The quantitative estimate of drug-likeness (QED) is 0.809. The molecular weight excluding hydrogens is 258 g/mol. The van der Waals surface area contributed by atoms with Gasteiger partial charge in [0.1, 0.15) is 11.9 Å². The normalized spacial score (nSPS) is 23.5. The SMILES string of the molecule is CCCC(C)(CNC1CC1)CC1Cc2cc(C)ccc2O1. The molecule has 0 aromatic heterocycles. The molecule has 0 saturated heterocycles. The zero-order chi connectivity index (χ0) is 14.9. The molecule has 1 aliphatic heterocycles. The zero-order valence-corrected chi connectivity index (χ0v) is 13.7. The lowest BCUT2D eigenvalue weighted by molar-refractivity contribution is 0.135. The van der Waals surface area contributed by atoms with Crippen LogP contribution < -0.4 is 10.1 Å². The van der Waals surface area contributed by atoms with Crippen LogP contribution in [0.3, 0.4) is 0 Å². The molecule has 0 radical (unpaired) electrons. The van der Waals surface area contributed by atoms with E-state index in [0.29, 0.717) is 11.5 Å². The number of nitrogens with one attached hydrogen (secondary N) is 1. The first-order valence-corrected chi connectivity index (χ1v) is 8.57. The highest BCUT2D eigenvalue weighted by Crippen LogP contribution is 2.37. The van der Waals surface area contributed by atoms with Crippen LogP contribution in [0.15, 0.2) is 18.2 Å². The van der Waals surface area contributed by atoms with Crippen molar-refractivity contribution in [2.45, 2.75) is 71.4 Å². The minimum Gasteiger partial charge on any atom is -0.490 e. The number of aryl methyl sites for hydroxylation is 1. The highest BCUT2D eigenvalue weighted by atomic mass is 16.5. The van der Waals surface area contributed by atoms with E-state index in [-0.39, 0.29) is 0 Å². The van der Waals surface area contributed by atoms with Crippen molar-refractivity contribution in [1.82, 2.24) is 5.32 Å². The second-order valence-electron chi connectivity index (χ2n) is 7.48. The molecule has 21 heavy (non-hydrogen) atoms. The van der Waals surface area contributed by atoms with E-state index in [1.54, 1.807) is 0 Å². The van der Waals surface area contributed by atoms with Crippen LogP contribution in [0, 0.1) is 12.3 Å². The fraction of sp³-hybridized carbons (Fsp3) is 0.684. The molecule has 1 aromatic rings. The molecule has 1 aliphatic carbocycles. The van der Waals surface area contributed by atoms with Gasteiger partial charge in [-0.1, -0.05) is 38.0 Å². The Hall–Kier alpha value is -1.02. The Morgan fingerprint density at radius 3 is 2.86 bits per heavy atom. The van der Waals surface area contributed by atoms with E-state index in [0.717, 1.165) is 31.2 Å². The van der Waals surface area contributed by atoms with Crippen LogP contribution >= 0.6 is 0 Å². The van der Waals surface area contributed by atoms with Crippen molar-refractivity contribution in [3.05, 3.63) is 29.3 Å². The second kappa shape index (κ2) is 6.00. The van der Waals surface area contributed by atoms with Crippen molar-refractivity contribution < 1.29 is 4.74 Å². The first-order valence-electron chi connectivity index (χ1n) is 8.57. The van der Waals surface area contributed by atoms with Crippen LogP contribution in [0.5, 0.6) is 5.75 Å². The summed E-state index contributed by atoms with van der Waals surface area (Å²) in [7, 11) is 0. The lowest BCUT2D eigenvalue weighted by atomic mass is 9.79. The molecule has 1 fully saturated rings. The van der Waals surface area contributed by atoms with Crippen LogP contribution in [0.1, 0.15) is 57.1 Å². The Morgan fingerprint density at radius 2 is 2.14 bits per heavy atom. The number of fused-ring (bicyclic) bond motifs is 1. The maximum atomic E-state index is 6.20. The van der Waals surface area contributed by atoms with Gasteiger partial charge in [-0.05, 0) is 49.7 Å². The summed E-state index contributed by atoms with van der Waals surface area (Å²) in [6.07, 6.45) is 7.87. The summed E-state index contributed by atoms with van der Waals surface area (Å²) in [5.74, 6) is 1.11. The van der Waals surface area contributed by atoms with E-state index in [1.807, 2.05) is 0 Å². The fourth-order valence-electron chi connectivity index (χ4n) is 3.66. The van der Waals surface area contributed by atoms with Crippen molar-refractivity contribution >= 4 is 0 Å². The summed E-state index contributed by atoms with van der Waals surface area (Å²) < 4.78 is 6.20. The lowest BCUT2D eigenvalue weighted by Crippen LogP contribution is -2.37. The molecule has 2 nitrogen and oxygen atoms in total. The molecule has 116 valence electrons. The van der Waals surface area contributed by atoms with Gasteiger partial charge in [-0.3, -0.25) is 0 Å². The Kier molecular flexibility index (Phi) is 4.26. The van der Waals surface area contributed by atoms with E-state index in [2.05, 4.69) is 44.3 Å². The summed E-state index contributed by atoms with van der Waals surface area (Å²) >= 11 is 0. The van der Waals surface area contributed by atoms with Crippen molar-refractivity contribution in [3.8, 4) is 5.75 Å². The minimum absolute atomic E-state index is 0.360. The molecular formula is C19H29NO. The van der Waals surface area contributed by atoms with Crippen LogP contribution in [-0.2, 0) is 6.42 Å². The first-order chi connectivity index (χ1) is 10.1. The number of rotatable bonds is 7. The zero-order valence-electron chi connectivity index (χ0n) is 13.7. The molecule has 1 N–H and O–H groups in total. The van der Waals surface area contributed by atoms with Gasteiger partial charge in [0.05, 0.1) is 0 Å². The van der Waals surface area contributed by atoms with Crippen LogP contribution in [0.2, 0.25) is 0 Å². The number of hydrogen-bond acceptors (Lipinski definition) is 2. The third kappa shape index (κ3) is 3.79. The lowest BCUT2D eigenvalue weighted by Gasteiger charge is -2.32. The molecule has 1 heterocycles. The predicted octanol–water partition coefficient (Wildman–Crippen LogP) is 4.25. The van der Waals surface area contributed by atoms with E-state index in [9.17, 15) is 0 Å². The van der Waals surface area contributed by atoms with E-state index < -0.39 is 0 Å². The molecule has 1 saturated carbocycles. The van der Waals surface area contributed by atoms with Gasteiger partial charge in [0.2, 0.25) is 0 Å². The molecule has 0 spiro atoms. The Morgan fingerprint density at radius 1 is 1.33 bits per heavy atom. The van der Waals surface area contributed by atoms with Gasteiger partial charge in [0.15, 0.2) is 0 Å². The number of ether oxygens (including phenoxy) is 1. The van der Waals surface area contributed by atoms with Crippen molar-refractivity contribution in [2.24, 2.45) is 5.41 Å². The third-order valence-electron chi connectivity index (χ3n) is 4.93. The monoisotopic (exact) mass is 287 g/mol. The Bertz CT molecular complexity index is 494. The first kappa shape index (κ1) is 14.9. The molecule has 2 unspecified atom stereocenters.